The third-order valence-corrected chi connectivity index (χ3v) is 5.24. The highest BCUT2D eigenvalue weighted by molar-refractivity contribution is 5.68. The first-order valence-corrected chi connectivity index (χ1v) is 9.58. The van der Waals surface area contributed by atoms with E-state index in [1.807, 2.05) is 31.2 Å². The molecular weight excluding hydrogens is 338 g/mol. The van der Waals surface area contributed by atoms with Crippen LogP contribution >= 0.6 is 0 Å². The molecule has 1 saturated heterocycles. The predicted molar refractivity (Wildman–Crippen MR) is 105 cm³/mol. The second-order valence-corrected chi connectivity index (χ2v) is 7.25. The Morgan fingerprint density at radius 1 is 1.15 bits per heavy atom. The maximum atomic E-state index is 10.2. The van der Waals surface area contributed by atoms with Crippen LogP contribution in [-0.4, -0.2) is 37.4 Å². The molecule has 27 heavy (non-hydrogen) atoms. The largest absolute Gasteiger partial charge is 0.508 e. The fourth-order valence-electron chi connectivity index (χ4n) is 3.80. The Morgan fingerprint density at radius 2 is 2.00 bits per heavy atom. The molecule has 4 rings (SSSR count). The summed E-state index contributed by atoms with van der Waals surface area (Å²) >= 11 is 0. The molecule has 3 heterocycles. The van der Waals surface area contributed by atoms with Crippen LogP contribution in [0.3, 0.4) is 0 Å². The number of aromatic nitrogens is 4. The van der Waals surface area contributed by atoms with E-state index >= 15 is 0 Å². The van der Waals surface area contributed by atoms with E-state index in [2.05, 4.69) is 26.6 Å². The fourth-order valence-corrected chi connectivity index (χ4v) is 3.80. The van der Waals surface area contributed by atoms with Gasteiger partial charge < -0.3 is 10.4 Å². The van der Waals surface area contributed by atoms with Crippen LogP contribution in [0.5, 0.6) is 5.75 Å². The van der Waals surface area contributed by atoms with E-state index in [-0.39, 0.29) is 0 Å². The molecule has 2 aromatic heterocycles. The van der Waals surface area contributed by atoms with E-state index < -0.39 is 0 Å². The maximum absolute atomic E-state index is 10.2. The molecule has 0 bridgehead atoms. The van der Waals surface area contributed by atoms with Gasteiger partial charge in [-0.3, -0.25) is 4.57 Å². The number of piperidine rings is 1. The Labute approximate surface area is 159 Å². The van der Waals surface area contributed by atoms with Crippen LogP contribution in [0.15, 0.2) is 43.0 Å². The van der Waals surface area contributed by atoms with Crippen molar-refractivity contribution in [1.82, 2.24) is 25.1 Å². The number of nitrogens with one attached hydrogen (secondary N) is 1. The normalized spacial score (nSPS) is 17.1. The van der Waals surface area contributed by atoms with Crippen LogP contribution in [0.1, 0.15) is 36.9 Å². The molecule has 0 aliphatic carbocycles. The average molecular weight is 363 g/mol. The summed E-state index contributed by atoms with van der Waals surface area (Å²) in [5, 5.41) is 21.5. The molecule has 0 radical (unpaired) electrons. The van der Waals surface area contributed by atoms with Gasteiger partial charge in [0.25, 0.3) is 0 Å². The Morgan fingerprint density at radius 3 is 2.74 bits per heavy atom. The summed E-state index contributed by atoms with van der Waals surface area (Å²) in [6, 6.07) is 10.4. The van der Waals surface area contributed by atoms with Crippen LogP contribution < -0.4 is 5.32 Å². The number of aryl methyl sites for hydroxylation is 2. The SMILES string of the molecule is Cc1nc(-n2cnnc2)ccc1-c1cc(O)cc(CCC2CCCCN2)c1. The third-order valence-electron chi connectivity index (χ3n) is 5.24. The van der Waals surface area contributed by atoms with E-state index in [4.69, 9.17) is 0 Å². The number of rotatable bonds is 5. The van der Waals surface area contributed by atoms with E-state index in [0.29, 0.717) is 11.8 Å². The van der Waals surface area contributed by atoms with Crippen molar-refractivity contribution < 1.29 is 5.11 Å². The highest BCUT2D eigenvalue weighted by Gasteiger charge is 2.13. The van der Waals surface area contributed by atoms with Crippen LogP contribution in [0.2, 0.25) is 0 Å². The molecule has 0 spiro atoms. The minimum atomic E-state index is 0.307. The second-order valence-electron chi connectivity index (χ2n) is 7.25. The Kier molecular flexibility index (Phi) is 5.16. The molecule has 140 valence electrons. The Bertz CT molecular complexity index is 901. The number of phenols is 1. The van der Waals surface area contributed by atoms with Crippen molar-refractivity contribution in [3.05, 3.63) is 54.2 Å². The molecule has 2 N–H and O–H groups in total. The molecule has 6 heteroatoms. The minimum absolute atomic E-state index is 0.307. The van der Waals surface area contributed by atoms with Crippen molar-refractivity contribution in [3.8, 4) is 22.7 Å². The van der Waals surface area contributed by atoms with Crippen LogP contribution in [0.25, 0.3) is 16.9 Å². The fraction of sp³-hybridized carbons (Fsp3) is 0.381. The van der Waals surface area contributed by atoms with Gasteiger partial charge in [0.2, 0.25) is 0 Å². The van der Waals surface area contributed by atoms with Gasteiger partial charge in [-0.1, -0.05) is 12.5 Å². The predicted octanol–water partition coefficient (Wildman–Crippen LogP) is 3.42. The van der Waals surface area contributed by atoms with Crippen LogP contribution in [-0.2, 0) is 6.42 Å². The molecule has 6 nitrogen and oxygen atoms in total. The number of phenolic OH excluding ortho intramolecular Hbond substituents is 1. The molecule has 1 aromatic carbocycles. The van der Waals surface area contributed by atoms with Gasteiger partial charge in [0.05, 0.1) is 0 Å². The summed E-state index contributed by atoms with van der Waals surface area (Å²) in [5.41, 5.74) is 4.10. The molecule has 1 aliphatic heterocycles. The lowest BCUT2D eigenvalue weighted by Crippen LogP contribution is -2.34. The zero-order valence-corrected chi connectivity index (χ0v) is 15.6. The van der Waals surface area contributed by atoms with Gasteiger partial charge in [-0.15, -0.1) is 10.2 Å². The molecule has 1 atom stereocenters. The first-order valence-electron chi connectivity index (χ1n) is 9.58. The van der Waals surface area contributed by atoms with Gasteiger partial charge in [-0.25, -0.2) is 4.98 Å². The number of hydrogen-bond acceptors (Lipinski definition) is 5. The van der Waals surface area contributed by atoms with Crippen LogP contribution in [0.4, 0.5) is 0 Å². The molecule has 1 aliphatic rings. The van der Waals surface area contributed by atoms with Crippen molar-refractivity contribution >= 4 is 0 Å². The molecule has 1 fully saturated rings. The molecular formula is C21H25N5O. The smallest absolute Gasteiger partial charge is 0.139 e. The van der Waals surface area contributed by atoms with E-state index in [0.717, 1.165) is 42.0 Å². The van der Waals surface area contributed by atoms with E-state index in [9.17, 15) is 5.11 Å². The van der Waals surface area contributed by atoms with E-state index in [1.54, 1.807) is 17.2 Å². The standard InChI is InChI=1S/C21H25N5O/c1-15-20(7-8-21(25-15)26-13-23-24-14-26)17-10-16(11-19(27)12-17)5-6-18-4-2-3-9-22-18/h7-8,10-14,18,22,27H,2-6,9H2,1H3. The molecule has 0 amide bonds. The number of benzene rings is 1. The topological polar surface area (TPSA) is 75.9 Å². The Balaban J connectivity index is 1.55. The van der Waals surface area contributed by atoms with Crippen molar-refractivity contribution in [2.24, 2.45) is 0 Å². The maximum Gasteiger partial charge on any atom is 0.139 e. The van der Waals surface area contributed by atoms with Crippen LogP contribution in [0, 0.1) is 6.92 Å². The number of hydrogen-bond donors (Lipinski definition) is 2. The summed E-state index contributed by atoms with van der Waals surface area (Å²) in [4.78, 5) is 4.66. The first kappa shape index (κ1) is 17.7. The van der Waals surface area contributed by atoms with Crippen molar-refractivity contribution in [2.75, 3.05) is 6.54 Å². The van der Waals surface area contributed by atoms with Gasteiger partial charge >= 0.3 is 0 Å². The highest BCUT2D eigenvalue weighted by Crippen LogP contribution is 2.29. The van der Waals surface area contributed by atoms with Gasteiger partial charge in [-0.2, -0.15) is 0 Å². The average Bonchev–Trinajstić information content (AvgIpc) is 3.21. The van der Waals surface area contributed by atoms with E-state index in [1.165, 1.54) is 24.8 Å². The third kappa shape index (κ3) is 4.17. The monoisotopic (exact) mass is 363 g/mol. The lowest BCUT2D eigenvalue weighted by Gasteiger charge is -2.23. The minimum Gasteiger partial charge on any atom is -0.508 e. The van der Waals surface area contributed by atoms with Crippen molar-refractivity contribution in [2.45, 2.75) is 45.1 Å². The summed E-state index contributed by atoms with van der Waals surface area (Å²) in [6.45, 7) is 3.11. The van der Waals surface area contributed by atoms with Gasteiger partial charge in [0.1, 0.15) is 24.2 Å². The zero-order chi connectivity index (χ0) is 18.6. The number of nitrogens with zero attached hydrogens (tertiary/aromatic N) is 4. The second kappa shape index (κ2) is 7.88. The highest BCUT2D eigenvalue weighted by atomic mass is 16.3. The van der Waals surface area contributed by atoms with Gasteiger partial charge in [0, 0.05) is 17.3 Å². The number of pyridine rings is 1. The summed E-state index contributed by atoms with van der Waals surface area (Å²) < 4.78 is 1.78. The van der Waals surface area contributed by atoms with Gasteiger partial charge in [0.15, 0.2) is 0 Å². The van der Waals surface area contributed by atoms with Crippen molar-refractivity contribution in [1.29, 1.82) is 0 Å². The molecule has 1 unspecified atom stereocenters. The molecule has 0 saturated carbocycles. The lowest BCUT2D eigenvalue weighted by molar-refractivity contribution is 0.382. The summed E-state index contributed by atoms with van der Waals surface area (Å²) in [5.74, 6) is 1.09. The summed E-state index contributed by atoms with van der Waals surface area (Å²) in [7, 11) is 0. The Hall–Kier alpha value is -2.73. The first-order chi connectivity index (χ1) is 13.2. The quantitative estimate of drug-likeness (QED) is 0.726. The zero-order valence-electron chi connectivity index (χ0n) is 15.6. The van der Waals surface area contributed by atoms with Crippen molar-refractivity contribution in [3.63, 3.8) is 0 Å². The summed E-state index contributed by atoms with van der Waals surface area (Å²) in [6.07, 6.45) is 9.17. The lowest BCUT2D eigenvalue weighted by atomic mass is 9.95. The van der Waals surface area contributed by atoms with Gasteiger partial charge in [-0.05, 0) is 74.5 Å². The number of aromatic hydroxyl groups is 1. The molecule has 3 aromatic rings.